The summed E-state index contributed by atoms with van der Waals surface area (Å²) in [5.41, 5.74) is 3.27. The maximum absolute atomic E-state index is 12.3. The van der Waals surface area contributed by atoms with Gasteiger partial charge in [-0.3, -0.25) is 4.79 Å². The highest BCUT2D eigenvalue weighted by Crippen LogP contribution is 2.19. The fraction of sp³-hybridized carbons (Fsp3) is 0.533. The van der Waals surface area contributed by atoms with Crippen LogP contribution in [-0.2, 0) is 0 Å². The first-order valence-electron chi connectivity index (χ1n) is 6.44. The first-order valence-corrected chi connectivity index (χ1v) is 6.44. The van der Waals surface area contributed by atoms with Crippen LogP contribution in [0.2, 0.25) is 0 Å². The Kier molecular flexibility index (Phi) is 3.51. The summed E-state index contributed by atoms with van der Waals surface area (Å²) in [4.78, 5) is 14.3. The molecule has 0 bridgehead atoms. The quantitative estimate of drug-likeness (QED) is 0.727. The summed E-state index contributed by atoms with van der Waals surface area (Å²) in [6, 6.07) is 6.00. The molecule has 1 saturated heterocycles. The molecule has 1 aliphatic heterocycles. The number of nitrogens with zero attached hydrogens (tertiary/aromatic N) is 1. The van der Waals surface area contributed by atoms with Crippen molar-refractivity contribution >= 4 is 5.91 Å². The van der Waals surface area contributed by atoms with Crippen LogP contribution < -0.4 is 0 Å². The third kappa shape index (κ3) is 2.68. The highest BCUT2D eigenvalue weighted by Gasteiger charge is 2.21. The number of hydrogen-bond donors (Lipinski definition) is 0. The molecule has 1 aliphatic rings. The van der Waals surface area contributed by atoms with Crippen LogP contribution in [0.25, 0.3) is 0 Å². The molecule has 1 aromatic carbocycles. The number of rotatable bonds is 1. The van der Waals surface area contributed by atoms with Crippen LogP contribution in [0.1, 0.15) is 41.3 Å². The lowest BCUT2D eigenvalue weighted by atomic mass is 9.99. The molecule has 0 saturated carbocycles. The fourth-order valence-electron chi connectivity index (χ4n) is 2.43. The standard InChI is InChI=1S/C15H21NO/c1-11-5-4-8-16(10-11)15(17)14-7-6-12(2)13(3)9-14/h6-7,9,11H,4-5,8,10H2,1-3H3/t11-/m0/s1. The Hall–Kier alpha value is -1.31. The number of aryl methyl sites for hydroxylation is 2. The molecule has 92 valence electrons. The van der Waals surface area contributed by atoms with Gasteiger partial charge in [0, 0.05) is 18.7 Å². The van der Waals surface area contributed by atoms with Gasteiger partial charge < -0.3 is 4.90 Å². The van der Waals surface area contributed by atoms with Crippen LogP contribution in [-0.4, -0.2) is 23.9 Å². The smallest absolute Gasteiger partial charge is 0.253 e. The first-order chi connectivity index (χ1) is 8.08. The van der Waals surface area contributed by atoms with E-state index >= 15 is 0 Å². The van der Waals surface area contributed by atoms with E-state index in [1.165, 1.54) is 17.5 Å². The summed E-state index contributed by atoms with van der Waals surface area (Å²) in [6.45, 7) is 8.18. The molecule has 1 amide bonds. The molecular formula is C15H21NO. The maximum atomic E-state index is 12.3. The van der Waals surface area contributed by atoms with Crippen molar-refractivity contribution in [2.45, 2.75) is 33.6 Å². The third-order valence-electron chi connectivity index (χ3n) is 3.70. The van der Waals surface area contributed by atoms with Gasteiger partial charge in [0.15, 0.2) is 0 Å². The number of carbonyl (C=O) groups excluding carboxylic acids is 1. The van der Waals surface area contributed by atoms with Crippen LogP contribution >= 0.6 is 0 Å². The number of likely N-dealkylation sites (tertiary alicyclic amines) is 1. The Bertz CT molecular complexity index is 425. The van der Waals surface area contributed by atoms with Crippen LogP contribution in [0.15, 0.2) is 18.2 Å². The van der Waals surface area contributed by atoms with E-state index in [0.717, 1.165) is 25.1 Å². The second-order valence-electron chi connectivity index (χ2n) is 5.30. The summed E-state index contributed by atoms with van der Waals surface area (Å²) in [5.74, 6) is 0.832. The fourth-order valence-corrected chi connectivity index (χ4v) is 2.43. The van der Waals surface area contributed by atoms with Gasteiger partial charge in [0.1, 0.15) is 0 Å². The van der Waals surface area contributed by atoms with Crippen molar-refractivity contribution in [1.82, 2.24) is 4.90 Å². The van der Waals surface area contributed by atoms with E-state index in [1.54, 1.807) is 0 Å². The average molecular weight is 231 g/mol. The first kappa shape index (κ1) is 12.2. The van der Waals surface area contributed by atoms with Gasteiger partial charge in [0.25, 0.3) is 5.91 Å². The number of carbonyl (C=O) groups is 1. The molecule has 0 radical (unpaired) electrons. The Morgan fingerprint density at radius 1 is 1.29 bits per heavy atom. The van der Waals surface area contributed by atoms with Gasteiger partial charge in [0.05, 0.1) is 0 Å². The second-order valence-corrected chi connectivity index (χ2v) is 5.30. The topological polar surface area (TPSA) is 20.3 Å². The lowest BCUT2D eigenvalue weighted by Crippen LogP contribution is -2.39. The Labute approximate surface area is 104 Å². The van der Waals surface area contributed by atoms with Crippen LogP contribution in [0.5, 0.6) is 0 Å². The van der Waals surface area contributed by atoms with Gasteiger partial charge in [-0.25, -0.2) is 0 Å². The minimum Gasteiger partial charge on any atom is -0.338 e. The van der Waals surface area contributed by atoms with Crippen molar-refractivity contribution in [3.05, 3.63) is 34.9 Å². The molecule has 2 rings (SSSR count). The second kappa shape index (κ2) is 4.91. The van der Waals surface area contributed by atoms with E-state index in [0.29, 0.717) is 5.92 Å². The molecule has 17 heavy (non-hydrogen) atoms. The summed E-state index contributed by atoms with van der Waals surface area (Å²) >= 11 is 0. The van der Waals surface area contributed by atoms with Crippen molar-refractivity contribution in [2.75, 3.05) is 13.1 Å². The predicted molar refractivity (Wildman–Crippen MR) is 70.2 cm³/mol. The van der Waals surface area contributed by atoms with Gasteiger partial charge in [-0.15, -0.1) is 0 Å². The zero-order valence-corrected chi connectivity index (χ0v) is 11.0. The van der Waals surface area contributed by atoms with Gasteiger partial charge >= 0.3 is 0 Å². The number of amides is 1. The summed E-state index contributed by atoms with van der Waals surface area (Å²) < 4.78 is 0. The van der Waals surface area contributed by atoms with Crippen molar-refractivity contribution < 1.29 is 4.79 Å². The molecule has 0 N–H and O–H groups in total. The zero-order valence-electron chi connectivity index (χ0n) is 11.0. The van der Waals surface area contributed by atoms with Gasteiger partial charge in [-0.1, -0.05) is 13.0 Å². The lowest BCUT2D eigenvalue weighted by molar-refractivity contribution is 0.0683. The summed E-state index contributed by atoms with van der Waals surface area (Å²) in [5, 5.41) is 0. The average Bonchev–Trinajstić information content (AvgIpc) is 2.32. The molecule has 1 fully saturated rings. The predicted octanol–water partition coefficient (Wildman–Crippen LogP) is 3.18. The van der Waals surface area contributed by atoms with E-state index < -0.39 is 0 Å². The molecule has 2 nitrogen and oxygen atoms in total. The maximum Gasteiger partial charge on any atom is 0.253 e. The molecule has 1 aromatic rings. The molecular weight excluding hydrogens is 210 g/mol. The third-order valence-corrected chi connectivity index (χ3v) is 3.70. The normalized spacial score (nSPS) is 20.4. The van der Waals surface area contributed by atoms with E-state index in [9.17, 15) is 4.79 Å². The minimum atomic E-state index is 0.194. The molecule has 0 spiro atoms. The highest BCUT2D eigenvalue weighted by atomic mass is 16.2. The van der Waals surface area contributed by atoms with Gasteiger partial charge in [-0.05, 0) is 55.9 Å². The Balaban J connectivity index is 2.15. The highest BCUT2D eigenvalue weighted by molar-refractivity contribution is 5.94. The van der Waals surface area contributed by atoms with E-state index in [2.05, 4.69) is 20.8 Å². The number of piperidine rings is 1. The Morgan fingerprint density at radius 2 is 2.06 bits per heavy atom. The van der Waals surface area contributed by atoms with Crippen molar-refractivity contribution in [3.8, 4) is 0 Å². The molecule has 0 aliphatic carbocycles. The van der Waals surface area contributed by atoms with E-state index in [4.69, 9.17) is 0 Å². The number of hydrogen-bond acceptors (Lipinski definition) is 1. The summed E-state index contributed by atoms with van der Waals surface area (Å²) in [6.07, 6.45) is 2.38. The summed E-state index contributed by atoms with van der Waals surface area (Å²) in [7, 11) is 0. The zero-order chi connectivity index (χ0) is 12.4. The number of benzene rings is 1. The molecule has 2 heteroatoms. The molecule has 0 aromatic heterocycles. The van der Waals surface area contributed by atoms with Gasteiger partial charge in [0.2, 0.25) is 0 Å². The van der Waals surface area contributed by atoms with Gasteiger partial charge in [-0.2, -0.15) is 0 Å². The van der Waals surface area contributed by atoms with Crippen LogP contribution in [0.3, 0.4) is 0 Å². The molecule has 1 atom stereocenters. The van der Waals surface area contributed by atoms with Crippen LogP contribution in [0, 0.1) is 19.8 Å². The van der Waals surface area contributed by atoms with Crippen LogP contribution in [0.4, 0.5) is 0 Å². The largest absolute Gasteiger partial charge is 0.338 e. The monoisotopic (exact) mass is 231 g/mol. The lowest BCUT2D eigenvalue weighted by Gasteiger charge is -2.31. The van der Waals surface area contributed by atoms with Crippen molar-refractivity contribution in [3.63, 3.8) is 0 Å². The Morgan fingerprint density at radius 3 is 2.71 bits per heavy atom. The SMILES string of the molecule is Cc1ccc(C(=O)N2CCC[C@H](C)C2)cc1C. The minimum absolute atomic E-state index is 0.194. The van der Waals surface area contributed by atoms with Crippen molar-refractivity contribution in [2.24, 2.45) is 5.92 Å². The van der Waals surface area contributed by atoms with Crippen molar-refractivity contribution in [1.29, 1.82) is 0 Å². The molecule has 1 heterocycles. The molecule has 0 unspecified atom stereocenters. The van der Waals surface area contributed by atoms with E-state index in [-0.39, 0.29) is 5.91 Å². The van der Waals surface area contributed by atoms with E-state index in [1.807, 2.05) is 23.1 Å².